The van der Waals surface area contributed by atoms with E-state index in [-0.39, 0.29) is 17.8 Å². The van der Waals surface area contributed by atoms with Crippen LogP contribution in [-0.2, 0) is 22.6 Å². The van der Waals surface area contributed by atoms with Crippen molar-refractivity contribution in [1.29, 1.82) is 0 Å². The summed E-state index contributed by atoms with van der Waals surface area (Å²) in [6.07, 6.45) is 4.89. The van der Waals surface area contributed by atoms with E-state index in [1.54, 1.807) is 0 Å². The number of benzene rings is 2. The lowest BCUT2D eigenvalue weighted by atomic mass is 9.85. The van der Waals surface area contributed by atoms with Gasteiger partial charge in [-0.05, 0) is 48.6 Å². The molecule has 1 saturated heterocycles. The summed E-state index contributed by atoms with van der Waals surface area (Å²) in [4.78, 5) is 41.7. The number of urea groups is 1. The van der Waals surface area contributed by atoms with Crippen molar-refractivity contribution >= 4 is 29.2 Å². The first kappa shape index (κ1) is 20.7. The zero-order valence-corrected chi connectivity index (χ0v) is 18.1. The number of likely N-dealkylation sites (tertiary alicyclic amines) is 1. The quantitative estimate of drug-likeness (QED) is 0.717. The maximum atomic E-state index is 13.0. The van der Waals surface area contributed by atoms with E-state index in [0.29, 0.717) is 19.6 Å². The molecule has 2 heterocycles. The number of carbonyl (C=O) groups excluding carboxylic acids is 3. The molecule has 3 aliphatic rings. The Morgan fingerprint density at radius 3 is 2.53 bits per heavy atom. The van der Waals surface area contributed by atoms with Crippen molar-refractivity contribution in [2.75, 3.05) is 23.8 Å². The van der Waals surface area contributed by atoms with E-state index in [0.717, 1.165) is 61.2 Å². The van der Waals surface area contributed by atoms with Gasteiger partial charge in [0.1, 0.15) is 0 Å². The van der Waals surface area contributed by atoms with Crippen molar-refractivity contribution in [3.63, 3.8) is 0 Å². The Bertz CT molecular complexity index is 1050. The molecular weight excluding hydrogens is 404 g/mol. The van der Waals surface area contributed by atoms with Gasteiger partial charge < -0.3 is 10.6 Å². The molecule has 0 radical (unpaired) electrons. The fourth-order valence-corrected chi connectivity index (χ4v) is 5.36. The SMILES string of the molecule is O=C(Nc1ccccc1)Nc1cccc2c1CCN(CN1C(=O)CC3(CCCC3)C1=O)C2. The van der Waals surface area contributed by atoms with E-state index in [4.69, 9.17) is 0 Å². The Balaban J connectivity index is 1.24. The number of hydrogen-bond acceptors (Lipinski definition) is 4. The zero-order chi connectivity index (χ0) is 22.1. The predicted octanol–water partition coefficient (Wildman–Crippen LogP) is 3.97. The first-order valence-corrected chi connectivity index (χ1v) is 11.4. The highest BCUT2D eigenvalue weighted by atomic mass is 16.2. The van der Waals surface area contributed by atoms with Crippen molar-refractivity contribution in [3.8, 4) is 0 Å². The lowest BCUT2D eigenvalue weighted by molar-refractivity contribution is -0.144. The van der Waals surface area contributed by atoms with Crippen LogP contribution in [-0.4, -0.2) is 40.9 Å². The molecule has 166 valence electrons. The van der Waals surface area contributed by atoms with E-state index in [1.807, 2.05) is 48.5 Å². The smallest absolute Gasteiger partial charge is 0.308 e. The van der Waals surface area contributed by atoms with Crippen LogP contribution in [0.25, 0.3) is 0 Å². The Hall–Kier alpha value is -3.19. The Labute approximate surface area is 187 Å². The van der Waals surface area contributed by atoms with Gasteiger partial charge in [-0.15, -0.1) is 0 Å². The molecule has 1 aliphatic carbocycles. The van der Waals surface area contributed by atoms with Crippen LogP contribution in [0.2, 0.25) is 0 Å². The van der Waals surface area contributed by atoms with Gasteiger partial charge in [0.2, 0.25) is 11.8 Å². The number of nitrogens with one attached hydrogen (secondary N) is 2. The highest BCUT2D eigenvalue weighted by Gasteiger charge is 2.52. The molecule has 7 nitrogen and oxygen atoms in total. The average molecular weight is 433 g/mol. The molecule has 2 aliphatic heterocycles. The maximum absolute atomic E-state index is 13.0. The van der Waals surface area contributed by atoms with E-state index in [9.17, 15) is 14.4 Å². The second-order valence-corrected chi connectivity index (χ2v) is 9.12. The van der Waals surface area contributed by atoms with E-state index < -0.39 is 5.41 Å². The minimum Gasteiger partial charge on any atom is -0.308 e. The van der Waals surface area contributed by atoms with Crippen LogP contribution < -0.4 is 10.6 Å². The lowest BCUT2D eigenvalue weighted by Crippen LogP contribution is -2.44. The molecule has 1 spiro atoms. The second-order valence-electron chi connectivity index (χ2n) is 9.12. The number of imide groups is 1. The van der Waals surface area contributed by atoms with Gasteiger partial charge in [0.15, 0.2) is 0 Å². The summed E-state index contributed by atoms with van der Waals surface area (Å²) >= 11 is 0. The number of carbonyl (C=O) groups is 3. The number of nitrogens with zero attached hydrogens (tertiary/aromatic N) is 2. The maximum Gasteiger partial charge on any atom is 0.323 e. The fraction of sp³-hybridized carbons (Fsp3) is 0.400. The highest BCUT2D eigenvalue weighted by Crippen LogP contribution is 2.47. The fourth-order valence-electron chi connectivity index (χ4n) is 5.36. The van der Waals surface area contributed by atoms with Gasteiger partial charge in [-0.3, -0.25) is 19.4 Å². The minimum atomic E-state index is -0.423. The van der Waals surface area contributed by atoms with Crippen molar-refractivity contribution in [2.24, 2.45) is 5.41 Å². The molecule has 1 saturated carbocycles. The third-order valence-electron chi connectivity index (χ3n) is 7.02. The summed E-state index contributed by atoms with van der Waals surface area (Å²) in [7, 11) is 0. The zero-order valence-electron chi connectivity index (χ0n) is 18.1. The van der Waals surface area contributed by atoms with Crippen LogP contribution in [0.5, 0.6) is 0 Å². The largest absolute Gasteiger partial charge is 0.323 e. The summed E-state index contributed by atoms with van der Waals surface area (Å²) in [5.74, 6) is -0.00510. The summed E-state index contributed by atoms with van der Waals surface area (Å²) < 4.78 is 0. The summed E-state index contributed by atoms with van der Waals surface area (Å²) in [6.45, 7) is 1.73. The van der Waals surface area contributed by atoms with Crippen molar-refractivity contribution < 1.29 is 14.4 Å². The number of rotatable bonds is 4. The van der Waals surface area contributed by atoms with Gasteiger partial charge in [-0.25, -0.2) is 4.79 Å². The monoisotopic (exact) mass is 432 g/mol. The number of amides is 4. The molecule has 2 aromatic rings. The highest BCUT2D eigenvalue weighted by molar-refractivity contribution is 6.06. The lowest BCUT2D eigenvalue weighted by Gasteiger charge is -2.33. The Morgan fingerprint density at radius 2 is 1.75 bits per heavy atom. The Kier molecular flexibility index (Phi) is 5.43. The van der Waals surface area contributed by atoms with Gasteiger partial charge >= 0.3 is 6.03 Å². The standard InChI is InChI=1S/C25H28N4O3/c30-22-15-25(12-4-5-13-25)23(31)29(22)17-28-14-11-20-18(16-28)7-6-10-21(20)27-24(32)26-19-8-2-1-3-9-19/h1-3,6-10H,4-5,11-17H2,(H2,26,27,32). The molecule has 5 rings (SSSR count). The molecular formula is C25H28N4O3. The normalized spacial score (nSPS) is 19.9. The molecule has 0 unspecified atom stereocenters. The predicted molar refractivity (Wildman–Crippen MR) is 122 cm³/mol. The molecule has 0 bridgehead atoms. The van der Waals surface area contributed by atoms with Crippen LogP contribution >= 0.6 is 0 Å². The van der Waals surface area contributed by atoms with Crippen molar-refractivity contribution in [1.82, 2.24) is 9.80 Å². The molecule has 32 heavy (non-hydrogen) atoms. The van der Waals surface area contributed by atoms with E-state index >= 15 is 0 Å². The summed E-state index contributed by atoms with van der Waals surface area (Å²) in [6, 6.07) is 15.0. The van der Waals surface area contributed by atoms with Crippen LogP contribution in [0.1, 0.15) is 43.2 Å². The van der Waals surface area contributed by atoms with Gasteiger partial charge in [0.05, 0.1) is 12.1 Å². The number of hydrogen-bond donors (Lipinski definition) is 2. The van der Waals surface area contributed by atoms with Gasteiger partial charge in [-0.1, -0.05) is 43.2 Å². The molecule has 0 aromatic heterocycles. The van der Waals surface area contributed by atoms with Crippen molar-refractivity contribution in [2.45, 2.75) is 45.1 Å². The summed E-state index contributed by atoms with van der Waals surface area (Å²) in [5.41, 5.74) is 3.34. The topological polar surface area (TPSA) is 81.8 Å². The van der Waals surface area contributed by atoms with Gasteiger partial charge in [-0.2, -0.15) is 0 Å². The third kappa shape index (κ3) is 3.88. The third-order valence-corrected chi connectivity index (χ3v) is 7.02. The number of anilines is 2. The number of fused-ring (bicyclic) bond motifs is 1. The van der Waals surface area contributed by atoms with Crippen LogP contribution in [0.3, 0.4) is 0 Å². The first-order valence-electron chi connectivity index (χ1n) is 11.4. The van der Waals surface area contributed by atoms with Crippen LogP contribution in [0.4, 0.5) is 16.2 Å². The Morgan fingerprint density at radius 1 is 0.969 bits per heavy atom. The summed E-state index contributed by atoms with van der Waals surface area (Å²) in [5, 5.41) is 5.81. The van der Waals surface area contributed by atoms with Crippen LogP contribution in [0.15, 0.2) is 48.5 Å². The molecule has 4 amide bonds. The van der Waals surface area contributed by atoms with Crippen molar-refractivity contribution in [3.05, 3.63) is 59.7 Å². The molecule has 2 aromatic carbocycles. The average Bonchev–Trinajstić information content (AvgIpc) is 3.35. The van der Waals surface area contributed by atoms with E-state index in [2.05, 4.69) is 15.5 Å². The second kappa shape index (κ2) is 8.39. The van der Waals surface area contributed by atoms with Crippen LogP contribution in [0, 0.1) is 5.41 Å². The van der Waals surface area contributed by atoms with Gasteiger partial charge in [0, 0.05) is 30.9 Å². The molecule has 7 heteroatoms. The van der Waals surface area contributed by atoms with E-state index in [1.165, 1.54) is 4.90 Å². The molecule has 2 N–H and O–H groups in total. The number of para-hydroxylation sites is 1. The minimum absolute atomic E-state index is 0.0267. The van der Waals surface area contributed by atoms with Gasteiger partial charge in [0.25, 0.3) is 0 Å². The molecule has 0 atom stereocenters. The first-order chi connectivity index (χ1) is 15.5. The molecule has 2 fully saturated rings.